The molecule has 1 unspecified atom stereocenters. The summed E-state index contributed by atoms with van der Waals surface area (Å²) in [7, 11) is 0. The summed E-state index contributed by atoms with van der Waals surface area (Å²) in [4.78, 5) is 17.7. The third-order valence-corrected chi connectivity index (χ3v) is 6.79. The van der Waals surface area contributed by atoms with Gasteiger partial charge in [-0.1, -0.05) is 23.9 Å². The van der Waals surface area contributed by atoms with Crippen LogP contribution >= 0.6 is 11.8 Å². The molecule has 0 bridgehead atoms. The summed E-state index contributed by atoms with van der Waals surface area (Å²) in [6, 6.07) is 12.2. The van der Waals surface area contributed by atoms with Crippen LogP contribution < -0.4 is 14.8 Å². The number of ether oxygens (including phenoxy) is 2. The van der Waals surface area contributed by atoms with Gasteiger partial charge >= 0.3 is 0 Å². The number of nitrogens with one attached hydrogen (secondary N) is 1. The molecule has 8 heteroatoms. The number of carbonyl (C=O) groups is 1. The van der Waals surface area contributed by atoms with Crippen LogP contribution in [0.3, 0.4) is 0 Å². The Balaban J connectivity index is 1.46. The van der Waals surface area contributed by atoms with E-state index < -0.39 is 5.25 Å². The molecule has 1 saturated carbocycles. The molecule has 3 aromatic rings. The lowest BCUT2D eigenvalue weighted by Crippen LogP contribution is -2.30. The van der Waals surface area contributed by atoms with Crippen LogP contribution in [0.1, 0.15) is 30.6 Å². The highest BCUT2D eigenvalue weighted by molar-refractivity contribution is 8.00. The Morgan fingerprint density at radius 1 is 1.19 bits per heavy atom. The summed E-state index contributed by atoms with van der Waals surface area (Å²) >= 11 is 1.38. The molecule has 1 fully saturated rings. The van der Waals surface area contributed by atoms with Gasteiger partial charge in [0, 0.05) is 18.2 Å². The summed E-state index contributed by atoms with van der Waals surface area (Å²) < 4.78 is 26.9. The second kappa shape index (κ2) is 8.86. The standard InChI is InChI=1S/C24H24FN3O3S/c1-2-28-19(16-5-10-20-21(13-16)31-12-11-30-20)14-26-24(28)32-22(23(29)27-18-8-9-18)15-3-6-17(25)7-4-15/h3-7,10,13-14,18,22H,2,8-9,11-12H2,1H3,(H,27,29). The molecular formula is C24H24FN3O3S. The van der Waals surface area contributed by atoms with Crippen molar-refractivity contribution in [3.63, 3.8) is 0 Å². The lowest BCUT2D eigenvalue weighted by atomic mass is 10.1. The molecule has 2 aliphatic rings. The van der Waals surface area contributed by atoms with E-state index in [1.165, 1.54) is 23.9 Å². The minimum atomic E-state index is -0.517. The van der Waals surface area contributed by atoms with Crippen molar-refractivity contribution < 1.29 is 18.7 Å². The number of thioether (sulfide) groups is 1. The zero-order valence-corrected chi connectivity index (χ0v) is 18.5. The molecule has 0 saturated heterocycles. The van der Waals surface area contributed by atoms with E-state index in [0.717, 1.165) is 46.3 Å². The number of amides is 1. The van der Waals surface area contributed by atoms with Gasteiger partial charge in [0.05, 0.1) is 11.9 Å². The fourth-order valence-corrected chi connectivity index (χ4v) is 4.86. The van der Waals surface area contributed by atoms with E-state index in [-0.39, 0.29) is 17.8 Å². The first-order valence-electron chi connectivity index (χ1n) is 10.8. The van der Waals surface area contributed by atoms with E-state index in [0.29, 0.717) is 19.8 Å². The predicted molar refractivity (Wildman–Crippen MR) is 120 cm³/mol. The molecule has 2 aromatic carbocycles. The van der Waals surface area contributed by atoms with Gasteiger partial charge in [-0.3, -0.25) is 4.79 Å². The Kier molecular flexibility index (Phi) is 5.78. The first-order valence-corrected chi connectivity index (χ1v) is 11.7. The second-order valence-electron chi connectivity index (χ2n) is 7.86. The van der Waals surface area contributed by atoms with Gasteiger partial charge in [0.2, 0.25) is 5.91 Å². The fraction of sp³-hybridized carbons (Fsp3) is 0.333. The van der Waals surface area contributed by atoms with E-state index in [9.17, 15) is 9.18 Å². The van der Waals surface area contributed by atoms with Gasteiger partial charge in [0.1, 0.15) is 24.3 Å². The Bertz CT molecular complexity index is 1130. The maximum atomic E-state index is 13.5. The van der Waals surface area contributed by atoms with Crippen LogP contribution in [0.5, 0.6) is 11.5 Å². The van der Waals surface area contributed by atoms with Crippen LogP contribution in [0.4, 0.5) is 4.39 Å². The van der Waals surface area contributed by atoms with Gasteiger partial charge in [0.15, 0.2) is 16.7 Å². The van der Waals surface area contributed by atoms with Gasteiger partial charge in [-0.05, 0) is 55.7 Å². The third-order valence-electron chi connectivity index (χ3n) is 5.53. The van der Waals surface area contributed by atoms with Crippen molar-refractivity contribution in [2.24, 2.45) is 0 Å². The highest BCUT2D eigenvalue weighted by Gasteiger charge is 2.30. The van der Waals surface area contributed by atoms with Crippen LogP contribution in [0, 0.1) is 5.82 Å². The Hall–Kier alpha value is -3.00. The first-order chi connectivity index (χ1) is 15.6. The summed E-state index contributed by atoms with van der Waals surface area (Å²) in [5.41, 5.74) is 2.66. The Morgan fingerprint density at radius 2 is 1.94 bits per heavy atom. The minimum Gasteiger partial charge on any atom is -0.486 e. The Labute approximate surface area is 190 Å². The highest BCUT2D eigenvalue weighted by Crippen LogP contribution is 2.39. The number of imidazole rings is 1. The normalized spacial score (nSPS) is 15.9. The number of nitrogens with zero attached hydrogens (tertiary/aromatic N) is 2. The number of hydrogen-bond donors (Lipinski definition) is 1. The van der Waals surface area contributed by atoms with E-state index >= 15 is 0 Å². The van der Waals surface area contributed by atoms with Crippen molar-refractivity contribution in [1.29, 1.82) is 0 Å². The zero-order valence-electron chi connectivity index (χ0n) is 17.7. The molecule has 1 amide bonds. The topological polar surface area (TPSA) is 65.4 Å². The minimum absolute atomic E-state index is 0.0735. The smallest absolute Gasteiger partial charge is 0.238 e. The molecule has 1 aliphatic heterocycles. The molecule has 0 spiro atoms. The molecule has 32 heavy (non-hydrogen) atoms. The van der Waals surface area contributed by atoms with E-state index in [4.69, 9.17) is 9.47 Å². The van der Waals surface area contributed by atoms with Crippen molar-refractivity contribution in [2.45, 2.75) is 42.8 Å². The molecule has 1 N–H and O–H groups in total. The molecule has 1 atom stereocenters. The first kappa shape index (κ1) is 20.9. The lowest BCUT2D eigenvalue weighted by Gasteiger charge is -2.20. The van der Waals surface area contributed by atoms with Gasteiger partial charge in [0.25, 0.3) is 0 Å². The average Bonchev–Trinajstić information content (AvgIpc) is 3.54. The van der Waals surface area contributed by atoms with Crippen LogP contribution in [0.25, 0.3) is 11.3 Å². The summed E-state index contributed by atoms with van der Waals surface area (Å²) in [5.74, 6) is 1.07. The number of carbonyl (C=O) groups excluding carboxylic acids is 1. The number of hydrogen-bond acceptors (Lipinski definition) is 5. The largest absolute Gasteiger partial charge is 0.486 e. The monoisotopic (exact) mass is 453 g/mol. The molecule has 1 aromatic heterocycles. The quantitative estimate of drug-likeness (QED) is 0.530. The number of rotatable bonds is 7. The van der Waals surface area contributed by atoms with Crippen LogP contribution in [0.2, 0.25) is 0 Å². The molecule has 0 radical (unpaired) electrons. The van der Waals surface area contributed by atoms with Crippen LogP contribution in [-0.4, -0.2) is 34.7 Å². The SMILES string of the molecule is CCn1c(-c2ccc3c(c2)OCCO3)cnc1SC(C(=O)NC1CC1)c1ccc(F)cc1. The molecule has 5 rings (SSSR count). The van der Waals surface area contributed by atoms with E-state index in [1.54, 1.807) is 12.1 Å². The number of aromatic nitrogens is 2. The molecule has 1 aliphatic carbocycles. The Morgan fingerprint density at radius 3 is 2.66 bits per heavy atom. The third kappa shape index (κ3) is 4.32. The van der Waals surface area contributed by atoms with E-state index in [2.05, 4.69) is 14.9 Å². The molecule has 166 valence electrons. The summed E-state index contributed by atoms with van der Waals surface area (Å²) in [6.45, 7) is 3.81. The van der Waals surface area contributed by atoms with Crippen molar-refractivity contribution in [1.82, 2.24) is 14.9 Å². The fourth-order valence-electron chi connectivity index (χ4n) is 3.71. The number of halogens is 1. The van der Waals surface area contributed by atoms with Gasteiger partial charge in [-0.2, -0.15) is 0 Å². The van der Waals surface area contributed by atoms with Gasteiger partial charge in [-0.25, -0.2) is 9.37 Å². The summed E-state index contributed by atoms with van der Waals surface area (Å²) in [6.07, 6.45) is 3.83. The van der Waals surface area contributed by atoms with Crippen LogP contribution in [-0.2, 0) is 11.3 Å². The molecule has 6 nitrogen and oxygen atoms in total. The molecule has 2 heterocycles. The number of fused-ring (bicyclic) bond motifs is 1. The average molecular weight is 454 g/mol. The van der Waals surface area contributed by atoms with Crippen molar-refractivity contribution in [3.8, 4) is 22.8 Å². The predicted octanol–water partition coefficient (Wildman–Crippen LogP) is 4.59. The van der Waals surface area contributed by atoms with Crippen molar-refractivity contribution in [2.75, 3.05) is 13.2 Å². The van der Waals surface area contributed by atoms with Crippen molar-refractivity contribution >= 4 is 17.7 Å². The lowest BCUT2D eigenvalue weighted by molar-refractivity contribution is -0.120. The van der Waals surface area contributed by atoms with Gasteiger partial charge in [-0.15, -0.1) is 0 Å². The van der Waals surface area contributed by atoms with Crippen molar-refractivity contribution in [3.05, 3.63) is 60.0 Å². The van der Waals surface area contributed by atoms with Crippen LogP contribution in [0.15, 0.2) is 53.8 Å². The second-order valence-corrected chi connectivity index (χ2v) is 8.93. The van der Waals surface area contributed by atoms with E-state index in [1.807, 2.05) is 31.3 Å². The maximum Gasteiger partial charge on any atom is 0.238 e. The van der Waals surface area contributed by atoms with Gasteiger partial charge < -0.3 is 19.4 Å². The molecular weight excluding hydrogens is 429 g/mol. The number of benzene rings is 2. The maximum absolute atomic E-state index is 13.5. The zero-order chi connectivity index (χ0) is 22.1. The highest BCUT2D eigenvalue weighted by atomic mass is 32.2. The summed E-state index contributed by atoms with van der Waals surface area (Å²) in [5, 5.41) is 3.29.